The summed E-state index contributed by atoms with van der Waals surface area (Å²) in [6.45, 7) is 8.97. The second kappa shape index (κ2) is 9.65. The van der Waals surface area contributed by atoms with Crippen LogP contribution in [0.1, 0.15) is 51.7 Å². The SMILES string of the molecule is CCN(C(=O)[C@H](NC(=O)OCC1c2ccccc2-c2ccccc21)C(C)(C)C)C(C)C(=O)O. The quantitative estimate of drug-likeness (QED) is 0.654. The highest BCUT2D eigenvalue weighted by molar-refractivity contribution is 5.90. The number of benzene rings is 2. The number of hydrogen-bond donors (Lipinski definition) is 2. The maximum Gasteiger partial charge on any atom is 0.407 e. The average Bonchev–Trinajstić information content (AvgIpc) is 3.09. The topological polar surface area (TPSA) is 95.9 Å². The van der Waals surface area contributed by atoms with Crippen molar-refractivity contribution in [1.29, 1.82) is 0 Å². The normalized spacial score (nSPS) is 14.6. The van der Waals surface area contributed by atoms with E-state index in [2.05, 4.69) is 17.4 Å². The molecule has 0 aliphatic heterocycles. The highest BCUT2D eigenvalue weighted by Gasteiger charge is 2.38. The van der Waals surface area contributed by atoms with E-state index < -0.39 is 35.5 Å². The van der Waals surface area contributed by atoms with Crippen molar-refractivity contribution in [3.63, 3.8) is 0 Å². The maximum absolute atomic E-state index is 13.2. The number of likely N-dealkylation sites (N-methyl/N-ethyl adjacent to an activating group) is 1. The molecule has 1 aliphatic rings. The van der Waals surface area contributed by atoms with Crippen LogP contribution in [0.5, 0.6) is 0 Å². The molecule has 2 atom stereocenters. The Morgan fingerprint density at radius 3 is 2.00 bits per heavy atom. The van der Waals surface area contributed by atoms with E-state index in [1.54, 1.807) is 6.92 Å². The van der Waals surface area contributed by atoms with Crippen LogP contribution in [0.15, 0.2) is 48.5 Å². The Morgan fingerprint density at radius 1 is 1.03 bits per heavy atom. The first-order chi connectivity index (χ1) is 15.6. The number of nitrogens with zero attached hydrogens (tertiary/aromatic N) is 1. The van der Waals surface area contributed by atoms with Gasteiger partial charge in [0.25, 0.3) is 0 Å². The molecule has 7 heteroatoms. The van der Waals surface area contributed by atoms with Gasteiger partial charge >= 0.3 is 12.1 Å². The first-order valence-electron chi connectivity index (χ1n) is 11.2. The molecule has 2 aromatic rings. The van der Waals surface area contributed by atoms with Crippen LogP contribution in [-0.2, 0) is 14.3 Å². The Hall–Kier alpha value is -3.35. The van der Waals surface area contributed by atoms with Crippen molar-refractivity contribution in [2.24, 2.45) is 5.41 Å². The molecule has 0 radical (unpaired) electrons. The lowest BCUT2D eigenvalue weighted by Gasteiger charge is -2.35. The fourth-order valence-electron chi connectivity index (χ4n) is 4.33. The van der Waals surface area contributed by atoms with Crippen molar-refractivity contribution in [2.75, 3.05) is 13.2 Å². The lowest BCUT2D eigenvalue weighted by atomic mass is 9.85. The molecule has 2 aromatic carbocycles. The number of fused-ring (bicyclic) bond motifs is 3. The summed E-state index contributed by atoms with van der Waals surface area (Å²) in [5.41, 5.74) is 3.82. The Bertz CT molecular complexity index is 997. The van der Waals surface area contributed by atoms with Crippen LogP contribution in [0.3, 0.4) is 0 Å². The third-order valence-corrected chi connectivity index (χ3v) is 6.17. The number of nitrogens with one attached hydrogen (secondary N) is 1. The van der Waals surface area contributed by atoms with Crippen LogP contribution in [0.25, 0.3) is 11.1 Å². The summed E-state index contributed by atoms with van der Waals surface area (Å²) in [6, 6.07) is 14.2. The molecule has 176 valence electrons. The van der Waals surface area contributed by atoms with Crippen molar-refractivity contribution in [1.82, 2.24) is 10.2 Å². The van der Waals surface area contributed by atoms with Crippen LogP contribution >= 0.6 is 0 Å². The lowest BCUT2D eigenvalue weighted by molar-refractivity contribution is -0.151. The monoisotopic (exact) mass is 452 g/mol. The third kappa shape index (κ3) is 5.02. The summed E-state index contributed by atoms with van der Waals surface area (Å²) < 4.78 is 5.60. The fraction of sp³-hybridized carbons (Fsp3) is 0.423. The fourth-order valence-corrected chi connectivity index (χ4v) is 4.33. The molecule has 0 saturated carbocycles. The summed E-state index contributed by atoms with van der Waals surface area (Å²) in [4.78, 5) is 38.7. The number of amides is 2. The summed E-state index contributed by atoms with van der Waals surface area (Å²) >= 11 is 0. The Morgan fingerprint density at radius 2 is 1.55 bits per heavy atom. The molecular formula is C26H32N2O5. The first kappa shape index (κ1) is 24.3. The minimum absolute atomic E-state index is 0.0916. The van der Waals surface area contributed by atoms with Crippen molar-refractivity contribution < 1.29 is 24.2 Å². The first-order valence-corrected chi connectivity index (χ1v) is 11.2. The molecule has 0 saturated heterocycles. The van der Waals surface area contributed by atoms with Gasteiger partial charge < -0.3 is 20.1 Å². The summed E-state index contributed by atoms with van der Waals surface area (Å²) in [7, 11) is 0. The van der Waals surface area contributed by atoms with Crippen molar-refractivity contribution in [3.8, 4) is 11.1 Å². The molecule has 33 heavy (non-hydrogen) atoms. The smallest absolute Gasteiger partial charge is 0.407 e. The lowest BCUT2D eigenvalue weighted by Crippen LogP contribution is -2.57. The van der Waals surface area contributed by atoms with Crippen LogP contribution in [0.2, 0.25) is 0 Å². The molecule has 0 fully saturated rings. The summed E-state index contributed by atoms with van der Waals surface area (Å²) in [6.07, 6.45) is -0.704. The molecule has 3 rings (SSSR count). The standard InChI is InChI=1S/C26H32N2O5/c1-6-28(16(2)24(30)31)23(29)22(26(3,4)5)27-25(32)33-15-21-19-13-9-7-11-17(19)18-12-8-10-14-20(18)21/h7-14,16,21-22H,6,15H2,1-5H3,(H,27,32)(H,30,31)/t16?,22-/m0/s1. The van der Waals surface area contributed by atoms with Crippen molar-refractivity contribution in [3.05, 3.63) is 59.7 Å². The van der Waals surface area contributed by atoms with Gasteiger partial charge in [-0.1, -0.05) is 69.3 Å². The summed E-state index contributed by atoms with van der Waals surface area (Å²) in [5.74, 6) is -1.64. The van der Waals surface area contributed by atoms with Crippen LogP contribution in [0, 0.1) is 5.41 Å². The van der Waals surface area contributed by atoms with Crippen molar-refractivity contribution in [2.45, 2.75) is 52.6 Å². The van der Waals surface area contributed by atoms with Gasteiger partial charge in [-0.2, -0.15) is 0 Å². The zero-order valence-corrected chi connectivity index (χ0v) is 19.8. The van der Waals surface area contributed by atoms with E-state index >= 15 is 0 Å². The molecule has 2 amide bonds. The van der Waals surface area contributed by atoms with E-state index in [9.17, 15) is 19.5 Å². The molecule has 7 nitrogen and oxygen atoms in total. The predicted molar refractivity (Wildman–Crippen MR) is 126 cm³/mol. The number of carbonyl (C=O) groups excluding carboxylic acids is 2. The minimum atomic E-state index is -1.10. The third-order valence-electron chi connectivity index (χ3n) is 6.17. The number of hydrogen-bond acceptors (Lipinski definition) is 4. The van der Waals surface area contributed by atoms with Crippen LogP contribution < -0.4 is 5.32 Å². The number of carboxylic acids is 1. The van der Waals surface area contributed by atoms with Gasteiger partial charge in [-0.25, -0.2) is 9.59 Å². The van der Waals surface area contributed by atoms with Crippen LogP contribution in [0.4, 0.5) is 4.79 Å². The second-order valence-electron chi connectivity index (χ2n) is 9.41. The molecule has 1 unspecified atom stereocenters. The van der Waals surface area contributed by atoms with Gasteiger partial charge in [0.15, 0.2) is 0 Å². The van der Waals surface area contributed by atoms with E-state index in [0.717, 1.165) is 22.3 Å². The Balaban J connectivity index is 1.74. The largest absolute Gasteiger partial charge is 0.480 e. The van der Waals surface area contributed by atoms with E-state index in [1.807, 2.05) is 57.2 Å². The van der Waals surface area contributed by atoms with Gasteiger partial charge in [-0.05, 0) is 41.5 Å². The molecule has 0 spiro atoms. The summed E-state index contributed by atoms with van der Waals surface area (Å²) in [5, 5.41) is 12.1. The molecule has 2 N–H and O–H groups in total. The zero-order valence-electron chi connectivity index (χ0n) is 19.8. The number of alkyl carbamates (subject to hydrolysis) is 1. The molecular weight excluding hydrogens is 420 g/mol. The van der Waals surface area contributed by atoms with E-state index in [0.29, 0.717) is 0 Å². The highest BCUT2D eigenvalue weighted by Crippen LogP contribution is 2.44. The van der Waals surface area contributed by atoms with Gasteiger partial charge in [0.1, 0.15) is 18.7 Å². The molecule has 0 aromatic heterocycles. The van der Waals surface area contributed by atoms with E-state index in [-0.39, 0.29) is 19.1 Å². The average molecular weight is 453 g/mol. The van der Waals surface area contributed by atoms with E-state index in [4.69, 9.17) is 4.74 Å². The Labute approximate surface area is 194 Å². The van der Waals surface area contributed by atoms with Crippen LogP contribution in [-0.4, -0.2) is 53.2 Å². The van der Waals surface area contributed by atoms with Gasteiger partial charge in [0, 0.05) is 12.5 Å². The Kier molecular flexibility index (Phi) is 7.10. The van der Waals surface area contributed by atoms with Gasteiger partial charge in [0.2, 0.25) is 5.91 Å². The van der Waals surface area contributed by atoms with Gasteiger partial charge in [0.05, 0.1) is 0 Å². The number of rotatable bonds is 7. The van der Waals surface area contributed by atoms with Crippen molar-refractivity contribution >= 4 is 18.0 Å². The molecule has 0 bridgehead atoms. The number of ether oxygens (including phenoxy) is 1. The number of carbonyl (C=O) groups is 3. The second-order valence-corrected chi connectivity index (χ2v) is 9.41. The maximum atomic E-state index is 13.2. The molecule has 1 aliphatic carbocycles. The number of aliphatic carboxylic acids is 1. The predicted octanol–water partition coefficient (Wildman–Crippen LogP) is 4.26. The van der Waals surface area contributed by atoms with E-state index in [1.165, 1.54) is 11.8 Å². The minimum Gasteiger partial charge on any atom is -0.480 e. The highest BCUT2D eigenvalue weighted by atomic mass is 16.5. The number of carboxylic acid groups (broad SMARTS) is 1. The van der Waals surface area contributed by atoms with Gasteiger partial charge in [-0.3, -0.25) is 4.79 Å². The molecule has 0 heterocycles. The zero-order chi connectivity index (χ0) is 24.3. The van der Waals surface area contributed by atoms with Gasteiger partial charge in [-0.15, -0.1) is 0 Å².